The largest absolute Gasteiger partial charge is 0.454 e. The molecule has 1 aliphatic rings. The normalized spacial score (nSPS) is 13.3. The number of benzene rings is 2. The van der Waals surface area contributed by atoms with E-state index in [2.05, 4.69) is 27.8 Å². The van der Waals surface area contributed by atoms with Crippen molar-refractivity contribution in [1.82, 2.24) is 25.5 Å². The molecule has 0 spiro atoms. The summed E-state index contributed by atoms with van der Waals surface area (Å²) in [5.74, 6) is 1.33. The summed E-state index contributed by atoms with van der Waals surface area (Å²) in [6, 6.07) is 11.7. The van der Waals surface area contributed by atoms with Crippen molar-refractivity contribution in [3.05, 3.63) is 53.1 Å². The van der Waals surface area contributed by atoms with Crippen LogP contribution in [0.15, 0.2) is 41.6 Å². The van der Waals surface area contributed by atoms with Crippen LogP contribution in [0.4, 0.5) is 0 Å². The lowest BCUT2D eigenvalue weighted by molar-refractivity contribution is -0.120. The third kappa shape index (κ3) is 4.19. The first-order valence-electron chi connectivity index (χ1n) is 9.20. The van der Waals surface area contributed by atoms with Gasteiger partial charge < -0.3 is 14.8 Å². The smallest absolute Gasteiger partial charge is 0.233 e. The van der Waals surface area contributed by atoms with Gasteiger partial charge in [-0.25, -0.2) is 0 Å². The molecule has 0 bridgehead atoms. The van der Waals surface area contributed by atoms with E-state index in [1.807, 2.05) is 50.2 Å². The number of rotatable bonds is 6. The van der Waals surface area contributed by atoms with Crippen molar-refractivity contribution in [2.45, 2.75) is 37.7 Å². The van der Waals surface area contributed by atoms with E-state index in [4.69, 9.17) is 9.47 Å². The van der Waals surface area contributed by atoms with E-state index < -0.39 is 0 Å². The highest BCUT2D eigenvalue weighted by molar-refractivity contribution is 8.00. The van der Waals surface area contributed by atoms with Crippen molar-refractivity contribution >= 4 is 17.7 Å². The molecular weight excluding hydrogens is 390 g/mol. The molecule has 3 aromatic rings. The Morgan fingerprint density at radius 2 is 2.00 bits per heavy atom. The van der Waals surface area contributed by atoms with Crippen LogP contribution in [0.5, 0.6) is 11.5 Å². The standard InChI is InChI=1S/C20H21N5O3S/c1-12-4-6-16(8-13(12)2)25-20(22-23-24-25)29-14(3)19(26)21-10-15-5-7-17-18(9-15)28-11-27-17/h4-9,14H,10-11H2,1-3H3,(H,21,26)/t14-/m0/s1. The summed E-state index contributed by atoms with van der Waals surface area (Å²) in [5, 5.41) is 15.1. The minimum Gasteiger partial charge on any atom is -0.454 e. The van der Waals surface area contributed by atoms with Gasteiger partial charge >= 0.3 is 0 Å². The zero-order valence-electron chi connectivity index (χ0n) is 16.4. The topological polar surface area (TPSA) is 91.2 Å². The highest BCUT2D eigenvalue weighted by atomic mass is 32.2. The molecule has 0 saturated heterocycles. The molecule has 29 heavy (non-hydrogen) atoms. The Labute approximate surface area is 172 Å². The van der Waals surface area contributed by atoms with E-state index in [1.165, 1.54) is 17.3 Å². The molecule has 9 heteroatoms. The summed E-state index contributed by atoms with van der Waals surface area (Å²) in [7, 11) is 0. The van der Waals surface area contributed by atoms with Crippen LogP contribution in [-0.2, 0) is 11.3 Å². The summed E-state index contributed by atoms with van der Waals surface area (Å²) >= 11 is 1.32. The molecule has 1 N–H and O–H groups in total. The third-order valence-electron chi connectivity index (χ3n) is 4.73. The average Bonchev–Trinajstić information content (AvgIpc) is 3.37. The number of tetrazole rings is 1. The minimum absolute atomic E-state index is 0.0951. The van der Waals surface area contributed by atoms with Gasteiger partial charge in [0, 0.05) is 6.54 Å². The lowest BCUT2D eigenvalue weighted by Crippen LogP contribution is -2.30. The number of hydrogen-bond acceptors (Lipinski definition) is 7. The van der Waals surface area contributed by atoms with E-state index in [0.29, 0.717) is 17.5 Å². The molecule has 0 unspecified atom stereocenters. The lowest BCUT2D eigenvalue weighted by atomic mass is 10.1. The van der Waals surface area contributed by atoms with E-state index >= 15 is 0 Å². The predicted molar refractivity (Wildman–Crippen MR) is 108 cm³/mol. The number of aryl methyl sites for hydroxylation is 2. The summed E-state index contributed by atoms with van der Waals surface area (Å²) < 4.78 is 12.3. The molecular formula is C20H21N5O3S. The SMILES string of the molecule is Cc1ccc(-n2nnnc2S[C@@H](C)C(=O)NCc2ccc3c(c2)OCO3)cc1C. The number of nitrogens with zero attached hydrogens (tertiary/aromatic N) is 4. The number of thioether (sulfide) groups is 1. The molecule has 1 aliphatic heterocycles. The molecule has 2 aromatic carbocycles. The number of fused-ring (bicyclic) bond motifs is 1. The van der Waals surface area contributed by atoms with Crippen LogP contribution in [-0.4, -0.2) is 38.2 Å². The van der Waals surface area contributed by atoms with Crippen molar-refractivity contribution in [2.75, 3.05) is 6.79 Å². The van der Waals surface area contributed by atoms with Crippen molar-refractivity contribution in [3.8, 4) is 17.2 Å². The van der Waals surface area contributed by atoms with E-state index in [1.54, 1.807) is 4.68 Å². The monoisotopic (exact) mass is 411 g/mol. The number of aromatic nitrogens is 4. The minimum atomic E-state index is -0.361. The molecule has 1 atom stereocenters. The Kier molecular flexibility index (Phi) is 5.39. The van der Waals surface area contributed by atoms with Crippen molar-refractivity contribution < 1.29 is 14.3 Å². The maximum atomic E-state index is 12.6. The third-order valence-corrected chi connectivity index (χ3v) is 5.76. The summed E-state index contributed by atoms with van der Waals surface area (Å²) in [4.78, 5) is 12.6. The summed E-state index contributed by atoms with van der Waals surface area (Å²) in [6.45, 7) is 6.57. The summed E-state index contributed by atoms with van der Waals surface area (Å²) in [6.07, 6.45) is 0. The highest BCUT2D eigenvalue weighted by Crippen LogP contribution is 2.32. The first kappa shape index (κ1) is 19.3. The number of ether oxygens (including phenoxy) is 2. The number of nitrogens with one attached hydrogen (secondary N) is 1. The van der Waals surface area contributed by atoms with Crippen molar-refractivity contribution in [2.24, 2.45) is 0 Å². The molecule has 4 rings (SSSR count). The Hall–Kier alpha value is -3.07. The first-order chi connectivity index (χ1) is 14.0. The van der Waals surface area contributed by atoms with Gasteiger partial charge in [0.1, 0.15) is 0 Å². The molecule has 1 aromatic heterocycles. The van der Waals surface area contributed by atoms with Crippen LogP contribution in [0.3, 0.4) is 0 Å². The number of amides is 1. The highest BCUT2D eigenvalue weighted by Gasteiger charge is 2.20. The average molecular weight is 411 g/mol. The Morgan fingerprint density at radius 3 is 2.83 bits per heavy atom. The lowest BCUT2D eigenvalue weighted by Gasteiger charge is -2.12. The second-order valence-corrected chi connectivity index (χ2v) is 8.12. The fourth-order valence-electron chi connectivity index (χ4n) is 2.87. The quantitative estimate of drug-likeness (QED) is 0.624. The molecule has 150 valence electrons. The number of carbonyl (C=O) groups is 1. The fraction of sp³-hybridized carbons (Fsp3) is 0.300. The van der Waals surface area contributed by atoms with E-state index in [0.717, 1.165) is 22.6 Å². The van der Waals surface area contributed by atoms with Crippen LogP contribution < -0.4 is 14.8 Å². The van der Waals surface area contributed by atoms with Crippen LogP contribution >= 0.6 is 11.8 Å². The molecule has 0 radical (unpaired) electrons. The maximum Gasteiger partial charge on any atom is 0.233 e. The Morgan fingerprint density at radius 1 is 1.17 bits per heavy atom. The predicted octanol–water partition coefficient (Wildman–Crippen LogP) is 2.80. The van der Waals surface area contributed by atoms with Gasteiger partial charge in [0.25, 0.3) is 0 Å². The van der Waals surface area contributed by atoms with Gasteiger partial charge in [0.05, 0.1) is 10.9 Å². The van der Waals surface area contributed by atoms with Gasteiger partial charge in [-0.05, 0) is 72.2 Å². The number of hydrogen-bond donors (Lipinski definition) is 1. The molecule has 0 saturated carbocycles. The summed E-state index contributed by atoms with van der Waals surface area (Å²) in [5.41, 5.74) is 4.17. The molecule has 0 aliphatic carbocycles. The maximum absolute atomic E-state index is 12.6. The van der Waals surface area contributed by atoms with Gasteiger partial charge in [0.2, 0.25) is 17.9 Å². The van der Waals surface area contributed by atoms with Crippen molar-refractivity contribution in [1.29, 1.82) is 0 Å². The van der Waals surface area contributed by atoms with Gasteiger partial charge in [-0.15, -0.1) is 5.10 Å². The van der Waals surface area contributed by atoms with Crippen molar-refractivity contribution in [3.63, 3.8) is 0 Å². The Bertz CT molecular complexity index is 1050. The van der Waals surface area contributed by atoms with Gasteiger partial charge in [-0.3, -0.25) is 4.79 Å². The molecule has 1 amide bonds. The fourth-order valence-corrected chi connectivity index (χ4v) is 3.70. The Balaban J connectivity index is 1.39. The van der Waals surface area contributed by atoms with E-state index in [-0.39, 0.29) is 18.0 Å². The number of carbonyl (C=O) groups excluding carboxylic acids is 1. The van der Waals surface area contributed by atoms with Crippen LogP contribution in [0, 0.1) is 13.8 Å². The zero-order valence-corrected chi connectivity index (χ0v) is 17.2. The first-order valence-corrected chi connectivity index (χ1v) is 10.1. The van der Waals surface area contributed by atoms with Crippen LogP contribution in [0.2, 0.25) is 0 Å². The van der Waals surface area contributed by atoms with Crippen LogP contribution in [0.25, 0.3) is 5.69 Å². The second-order valence-electron chi connectivity index (χ2n) is 6.81. The molecule has 2 heterocycles. The molecule has 8 nitrogen and oxygen atoms in total. The second kappa shape index (κ2) is 8.12. The van der Waals surface area contributed by atoms with Gasteiger partial charge in [-0.1, -0.05) is 23.9 Å². The van der Waals surface area contributed by atoms with E-state index in [9.17, 15) is 4.79 Å². The molecule has 0 fully saturated rings. The zero-order chi connectivity index (χ0) is 20.4. The van der Waals surface area contributed by atoms with Gasteiger partial charge in [-0.2, -0.15) is 4.68 Å². The van der Waals surface area contributed by atoms with Crippen LogP contribution in [0.1, 0.15) is 23.6 Å². The van der Waals surface area contributed by atoms with Gasteiger partial charge in [0.15, 0.2) is 11.5 Å².